The van der Waals surface area contributed by atoms with Gasteiger partial charge in [0.05, 0.1) is 17.9 Å². The highest BCUT2D eigenvalue weighted by Crippen LogP contribution is 2.49. The predicted octanol–water partition coefficient (Wildman–Crippen LogP) is 4.58. The van der Waals surface area contributed by atoms with Crippen LogP contribution in [0.1, 0.15) is 70.5 Å². The number of fused-ring (bicyclic) bond motifs is 1. The van der Waals surface area contributed by atoms with Gasteiger partial charge in [0, 0.05) is 42.9 Å². The number of likely N-dealkylation sites (tertiary alicyclic amines) is 1. The van der Waals surface area contributed by atoms with Gasteiger partial charge in [0.1, 0.15) is 17.7 Å². The van der Waals surface area contributed by atoms with E-state index >= 15 is 0 Å². The maximum Gasteiger partial charge on any atom is 0.180 e. The molecule has 0 aliphatic carbocycles. The number of hydrogen-bond acceptors (Lipinski definition) is 6. The molecule has 0 radical (unpaired) electrons. The Morgan fingerprint density at radius 3 is 2.65 bits per heavy atom. The normalized spacial score (nSPS) is 25.4. The van der Waals surface area contributed by atoms with E-state index in [2.05, 4.69) is 71.3 Å². The van der Waals surface area contributed by atoms with E-state index in [0.29, 0.717) is 0 Å². The van der Waals surface area contributed by atoms with Gasteiger partial charge < -0.3 is 9.30 Å². The standard InChI is InChI=1S/C27H38N6O/c1-19-7-8-20(15-29-19)26(4,5)33-14-13-27(17-33,22-9-11-25(2,3)34-22)12-10-23-31-24-21(32(23)6)16-28-18-30-24/h7-8,15-16,18,22H,9-14,17H2,1-6H3. The highest BCUT2D eigenvalue weighted by atomic mass is 16.5. The Bertz CT molecular complexity index is 1170. The van der Waals surface area contributed by atoms with Crippen LogP contribution in [0.5, 0.6) is 0 Å². The highest BCUT2D eigenvalue weighted by Gasteiger charge is 2.51. The van der Waals surface area contributed by atoms with Crippen molar-refractivity contribution in [2.24, 2.45) is 12.5 Å². The zero-order valence-corrected chi connectivity index (χ0v) is 21.5. The molecule has 2 aliphatic rings. The van der Waals surface area contributed by atoms with Crippen molar-refractivity contribution in [1.29, 1.82) is 0 Å². The first-order valence-corrected chi connectivity index (χ1v) is 12.6. The molecule has 7 nitrogen and oxygen atoms in total. The van der Waals surface area contributed by atoms with Crippen molar-refractivity contribution >= 4 is 11.2 Å². The summed E-state index contributed by atoms with van der Waals surface area (Å²) < 4.78 is 8.86. The average molecular weight is 463 g/mol. The summed E-state index contributed by atoms with van der Waals surface area (Å²) in [7, 11) is 2.07. The van der Waals surface area contributed by atoms with Crippen LogP contribution in [0.15, 0.2) is 30.9 Å². The Morgan fingerprint density at radius 1 is 1.15 bits per heavy atom. The molecular formula is C27H38N6O. The van der Waals surface area contributed by atoms with Crippen molar-refractivity contribution in [2.75, 3.05) is 13.1 Å². The maximum absolute atomic E-state index is 6.71. The Balaban J connectivity index is 1.41. The lowest BCUT2D eigenvalue weighted by molar-refractivity contribution is -0.0789. The lowest BCUT2D eigenvalue weighted by Crippen LogP contribution is -2.45. The number of aryl methyl sites for hydroxylation is 3. The lowest BCUT2D eigenvalue weighted by atomic mass is 9.75. The minimum atomic E-state index is -0.0793. The maximum atomic E-state index is 6.71. The van der Waals surface area contributed by atoms with E-state index < -0.39 is 0 Å². The SMILES string of the molecule is Cc1ccc(C(C)(C)N2CCC(CCc3nc4ncncc4n3C)(C3CCC(C)(C)O3)C2)cn1. The minimum Gasteiger partial charge on any atom is -0.372 e. The second-order valence-electron chi connectivity index (χ2n) is 11.5. The van der Waals surface area contributed by atoms with Crippen molar-refractivity contribution < 1.29 is 4.74 Å². The molecule has 2 atom stereocenters. The molecule has 0 spiro atoms. The van der Waals surface area contributed by atoms with Crippen LogP contribution >= 0.6 is 0 Å². The molecule has 5 heterocycles. The third kappa shape index (κ3) is 4.13. The largest absolute Gasteiger partial charge is 0.372 e. The number of imidazole rings is 1. The fourth-order valence-corrected chi connectivity index (χ4v) is 5.99. The van der Waals surface area contributed by atoms with E-state index in [1.807, 2.05) is 19.3 Å². The van der Waals surface area contributed by atoms with Crippen LogP contribution in [-0.2, 0) is 23.7 Å². The van der Waals surface area contributed by atoms with E-state index in [9.17, 15) is 0 Å². The summed E-state index contributed by atoms with van der Waals surface area (Å²) in [6, 6.07) is 4.36. The number of ether oxygens (including phenoxy) is 1. The van der Waals surface area contributed by atoms with Gasteiger partial charge >= 0.3 is 0 Å². The van der Waals surface area contributed by atoms with Gasteiger partial charge in [0.15, 0.2) is 5.65 Å². The summed E-state index contributed by atoms with van der Waals surface area (Å²) in [4.78, 5) is 20.6. The molecule has 2 aliphatic heterocycles. The fourth-order valence-electron chi connectivity index (χ4n) is 5.99. The van der Waals surface area contributed by atoms with E-state index in [1.165, 1.54) is 5.56 Å². The molecule has 2 saturated heterocycles. The minimum absolute atomic E-state index is 0.0467. The third-order valence-corrected chi connectivity index (χ3v) is 8.45. The third-order valence-electron chi connectivity index (χ3n) is 8.45. The molecule has 3 aromatic heterocycles. The van der Waals surface area contributed by atoms with E-state index in [0.717, 1.165) is 67.9 Å². The van der Waals surface area contributed by atoms with Crippen LogP contribution in [0, 0.1) is 12.3 Å². The average Bonchev–Trinajstić information content (AvgIpc) is 3.49. The number of rotatable bonds is 6. The zero-order chi connectivity index (χ0) is 24.1. The van der Waals surface area contributed by atoms with Gasteiger partial charge in [-0.2, -0.15) is 0 Å². The fraction of sp³-hybridized carbons (Fsp3) is 0.630. The van der Waals surface area contributed by atoms with Gasteiger partial charge in [0.25, 0.3) is 0 Å². The van der Waals surface area contributed by atoms with Crippen LogP contribution in [0.3, 0.4) is 0 Å². The summed E-state index contributed by atoms with van der Waals surface area (Å²) in [6.45, 7) is 13.3. The summed E-state index contributed by atoms with van der Waals surface area (Å²) in [5, 5.41) is 0. The van der Waals surface area contributed by atoms with Crippen LogP contribution < -0.4 is 0 Å². The molecule has 182 valence electrons. The van der Waals surface area contributed by atoms with Gasteiger partial charge in [-0.15, -0.1) is 0 Å². The molecule has 2 fully saturated rings. The summed E-state index contributed by atoms with van der Waals surface area (Å²) in [5.41, 5.74) is 4.08. The van der Waals surface area contributed by atoms with Crippen LogP contribution in [-0.4, -0.2) is 54.2 Å². The van der Waals surface area contributed by atoms with Crippen molar-refractivity contribution in [1.82, 2.24) is 29.4 Å². The van der Waals surface area contributed by atoms with Crippen LogP contribution in [0.2, 0.25) is 0 Å². The molecule has 0 bridgehead atoms. The number of pyridine rings is 1. The molecular weight excluding hydrogens is 424 g/mol. The first kappa shape index (κ1) is 23.4. The summed E-state index contributed by atoms with van der Waals surface area (Å²) in [5.74, 6) is 1.08. The Morgan fingerprint density at radius 2 is 1.97 bits per heavy atom. The second kappa shape index (κ2) is 8.38. The molecule has 34 heavy (non-hydrogen) atoms. The summed E-state index contributed by atoms with van der Waals surface area (Å²) >= 11 is 0. The van der Waals surface area contributed by atoms with Gasteiger partial charge in [0.2, 0.25) is 0 Å². The van der Waals surface area contributed by atoms with Crippen LogP contribution in [0.4, 0.5) is 0 Å². The Kier molecular flexibility index (Phi) is 5.76. The van der Waals surface area contributed by atoms with Crippen molar-refractivity contribution in [3.05, 3.63) is 47.9 Å². The van der Waals surface area contributed by atoms with Gasteiger partial charge in [-0.25, -0.2) is 15.0 Å². The van der Waals surface area contributed by atoms with E-state index in [4.69, 9.17) is 9.72 Å². The number of hydrogen-bond donors (Lipinski definition) is 0. The number of aromatic nitrogens is 5. The van der Waals surface area contributed by atoms with Crippen molar-refractivity contribution in [2.45, 2.75) is 84.0 Å². The van der Waals surface area contributed by atoms with E-state index in [1.54, 1.807) is 6.33 Å². The zero-order valence-electron chi connectivity index (χ0n) is 21.5. The smallest absolute Gasteiger partial charge is 0.180 e. The molecule has 0 aromatic carbocycles. The van der Waals surface area contributed by atoms with Crippen molar-refractivity contribution in [3.63, 3.8) is 0 Å². The van der Waals surface area contributed by atoms with Crippen molar-refractivity contribution in [3.8, 4) is 0 Å². The molecule has 0 N–H and O–H groups in total. The molecule has 5 rings (SSSR count). The lowest BCUT2D eigenvalue weighted by Gasteiger charge is -2.40. The molecule has 7 heteroatoms. The Hall–Kier alpha value is -2.38. The molecule has 0 saturated carbocycles. The second-order valence-corrected chi connectivity index (χ2v) is 11.5. The molecule has 2 unspecified atom stereocenters. The van der Waals surface area contributed by atoms with E-state index in [-0.39, 0.29) is 22.7 Å². The predicted molar refractivity (Wildman–Crippen MR) is 133 cm³/mol. The first-order chi connectivity index (χ1) is 16.1. The van der Waals surface area contributed by atoms with Gasteiger partial charge in [-0.3, -0.25) is 9.88 Å². The van der Waals surface area contributed by atoms with Gasteiger partial charge in [-0.1, -0.05) is 6.07 Å². The quantitative estimate of drug-likeness (QED) is 0.534. The Labute approximate surface area is 203 Å². The first-order valence-electron chi connectivity index (χ1n) is 12.6. The van der Waals surface area contributed by atoms with Crippen LogP contribution in [0.25, 0.3) is 11.2 Å². The molecule has 0 amide bonds. The van der Waals surface area contributed by atoms with Gasteiger partial charge in [-0.05, 0) is 78.5 Å². The molecule has 3 aromatic rings. The number of nitrogens with zero attached hydrogens (tertiary/aromatic N) is 6. The topological polar surface area (TPSA) is 69.0 Å². The summed E-state index contributed by atoms with van der Waals surface area (Å²) in [6.07, 6.45) is 11.1. The monoisotopic (exact) mass is 462 g/mol. The highest BCUT2D eigenvalue weighted by molar-refractivity contribution is 5.69.